The fourth-order valence-corrected chi connectivity index (χ4v) is 1.85. The van der Waals surface area contributed by atoms with Crippen LogP contribution in [0.15, 0.2) is 30.3 Å². The zero-order chi connectivity index (χ0) is 11.1. The van der Waals surface area contributed by atoms with Gasteiger partial charge in [0.1, 0.15) is 0 Å². The number of likely N-dealkylation sites (N-methyl/N-ethyl adjacent to an activating group) is 1. The molecule has 0 aliphatic carbocycles. The lowest BCUT2D eigenvalue weighted by Crippen LogP contribution is -2.43. The van der Waals surface area contributed by atoms with E-state index in [4.69, 9.17) is 0 Å². The van der Waals surface area contributed by atoms with Crippen LogP contribution in [0.2, 0.25) is 0 Å². The number of nitrogens with one attached hydrogen (secondary N) is 1. The Balaban J connectivity index is 0.000000531. The van der Waals surface area contributed by atoms with Gasteiger partial charge in [0.2, 0.25) is 0 Å². The van der Waals surface area contributed by atoms with Crippen molar-refractivity contribution < 1.29 is 0 Å². The minimum Gasteiger partial charge on any atom is -0.333 e. The van der Waals surface area contributed by atoms with E-state index in [0.29, 0.717) is 6.04 Å². The van der Waals surface area contributed by atoms with Gasteiger partial charge < -0.3 is 11.1 Å². The van der Waals surface area contributed by atoms with Gasteiger partial charge in [-0.1, -0.05) is 30.3 Å². The zero-order valence-electron chi connectivity index (χ0n) is 9.61. The highest BCUT2D eigenvalue weighted by Crippen LogP contribution is 2.19. The highest BCUT2D eigenvalue weighted by Gasteiger charge is 2.19. The molecule has 0 aromatic heterocycles. The number of benzene rings is 1. The van der Waals surface area contributed by atoms with Gasteiger partial charge in [-0.2, -0.15) is 0 Å². The number of rotatable bonds is 1. The normalized spacial score (nSPS) is 21.7. The summed E-state index contributed by atoms with van der Waals surface area (Å²) in [7, 11) is 3.69. The second-order valence-corrected chi connectivity index (χ2v) is 3.61. The molecule has 2 rings (SSSR count). The lowest BCUT2D eigenvalue weighted by atomic mass is 10.0. The molecule has 15 heavy (non-hydrogen) atoms. The first-order chi connectivity index (χ1) is 7.38. The van der Waals surface area contributed by atoms with Crippen LogP contribution in [0, 0.1) is 0 Å². The first kappa shape index (κ1) is 12.2. The predicted octanol–water partition coefficient (Wildman–Crippen LogP) is 0.838. The summed E-state index contributed by atoms with van der Waals surface area (Å²) in [6.45, 7) is 3.32. The van der Waals surface area contributed by atoms with Crippen molar-refractivity contribution in [2.45, 2.75) is 6.04 Å². The molecule has 1 heterocycles. The first-order valence-electron chi connectivity index (χ1n) is 5.41. The van der Waals surface area contributed by atoms with Crippen molar-refractivity contribution in [1.82, 2.24) is 10.2 Å². The topological polar surface area (TPSA) is 41.3 Å². The number of piperazine rings is 1. The molecule has 1 aliphatic rings. The van der Waals surface area contributed by atoms with Crippen LogP contribution in [0.1, 0.15) is 11.6 Å². The van der Waals surface area contributed by atoms with Gasteiger partial charge in [0.05, 0.1) is 0 Å². The Morgan fingerprint density at radius 1 is 1.27 bits per heavy atom. The predicted molar refractivity (Wildman–Crippen MR) is 64.8 cm³/mol. The summed E-state index contributed by atoms with van der Waals surface area (Å²) in [6.07, 6.45) is 0. The quantitative estimate of drug-likeness (QED) is 0.717. The minimum absolute atomic E-state index is 0.551. The lowest BCUT2D eigenvalue weighted by Gasteiger charge is -2.33. The molecule has 1 unspecified atom stereocenters. The number of hydrogen-bond donors (Lipinski definition) is 2. The second kappa shape index (κ2) is 6.56. The van der Waals surface area contributed by atoms with E-state index in [1.54, 1.807) is 0 Å². The molecule has 0 spiro atoms. The summed E-state index contributed by atoms with van der Waals surface area (Å²) in [4.78, 5) is 2.41. The molecule has 3 heteroatoms. The zero-order valence-corrected chi connectivity index (χ0v) is 9.61. The van der Waals surface area contributed by atoms with Gasteiger partial charge in [0.15, 0.2) is 0 Å². The average molecular weight is 207 g/mol. The van der Waals surface area contributed by atoms with Crippen LogP contribution in [-0.2, 0) is 0 Å². The number of hydrogen-bond acceptors (Lipinski definition) is 3. The Bertz CT molecular complexity index is 261. The number of nitrogens with zero attached hydrogens (tertiary/aromatic N) is 1. The Kier molecular flexibility index (Phi) is 5.32. The third-order valence-electron chi connectivity index (χ3n) is 2.70. The van der Waals surface area contributed by atoms with E-state index >= 15 is 0 Å². The molecule has 1 aromatic carbocycles. The van der Waals surface area contributed by atoms with Crippen LogP contribution in [0.3, 0.4) is 0 Å². The molecule has 0 bridgehead atoms. The summed E-state index contributed by atoms with van der Waals surface area (Å²) < 4.78 is 0. The van der Waals surface area contributed by atoms with Gasteiger partial charge in [-0.05, 0) is 19.7 Å². The second-order valence-electron chi connectivity index (χ2n) is 3.61. The standard InChI is InChI=1S/C11H16N2.CH5N/c1-13-8-7-12-9-11(13)10-5-3-2-4-6-10;1-2/h2-6,11-12H,7-9H2,1H3;2H2,1H3. The van der Waals surface area contributed by atoms with E-state index in [-0.39, 0.29) is 0 Å². The smallest absolute Gasteiger partial charge is 0.0470 e. The Labute approximate surface area is 92.3 Å². The van der Waals surface area contributed by atoms with Crippen molar-refractivity contribution in [3.63, 3.8) is 0 Å². The van der Waals surface area contributed by atoms with Crippen molar-refractivity contribution in [3.8, 4) is 0 Å². The highest BCUT2D eigenvalue weighted by atomic mass is 15.2. The molecule has 1 fully saturated rings. The van der Waals surface area contributed by atoms with E-state index < -0.39 is 0 Å². The van der Waals surface area contributed by atoms with Crippen LogP contribution in [0.5, 0.6) is 0 Å². The van der Waals surface area contributed by atoms with Gasteiger partial charge in [0.25, 0.3) is 0 Å². The molecule has 0 amide bonds. The molecule has 3 N–H and O–H groups in total. The van der Waals surface area contributed by atoms with Crippen molar-refractivity contribution in [3.05, 3.63) is 35.9 Å². The molecular formula is C12H21N3. The van der Waals surface area contributed by atoms with E-state index in [1.165, 1.54) is 12.6 Å². The maximum absolute atomic E-state index is 4.50. The maximum Gasteiger partial charge on any atom is 0.0470 e. The summed E-state index contributed by atoms with van der Waals surface area (Å²) in [5.74, 6) is 0. The van der Waals surface area contributed by atoms with Gasteiger partial charge in [-0.15, -0.1) is 0 Å². The van der Waals surface area contributed by atoms with Crippen molar-refractivity contribution in [2.24, 2.45) is 5.73 Å². The van der Waals surface area contributed by atoms with Crippen LogP contribution >= 0.6 is 0 Å². The first-order valence-corrected chi connectivity index (χ1v) is 5.41. The van der Waals surface area contributed by atoms with Crippen LogP contribution in [0.4, 0.5) is 0 Å². The summed E-state index contributed by atoms with van der Waals surface area (Å²) in [5.41, 5.74) is 5.91. The van der Waals surface area contributed by atoms with Crippen molar-refractivity contribution in [2.75, 3.05) is 33.7 Å². The molecular weight excluding hydrogens is 186 g/mol. The molecule has 0 saturated carbocycles. The molecule has 84 valence electrons. The highest BCUT2D eigenvalue weighted by molar-refractivity contribution is 5.19. The summed E-state index contributed by atoms with van der Waals surface area (Å²) >= 11 is 0. The molecule has 1 aromatic rings. The Morgan fingerprint density at radius 3 is 2.53 bits per heavy atom. The summed E-state index contributed by atoms with van der Waals surface area (Å²) in [6, 6.07) is 11.2. The van der Waals surface area contributed by atoms with E-state index in [1.807, 2.05) is 0 Å². The van der Waals surface area contributed by atoms with Crippen LogP contribution in [-0.4, -0.2) is 38.6 Å². The summed E-state index contributed by atoms with van der Waals surface area (Å²) in [5, 5.41) is 3.42. The molecule has 1 atom stereocenters. The Morgan fingerprint density at radius 2 is 1.93 bits per heavy atom. The Hall–Kier alpha value is -0.900. The maximum atomic E-state index is 4.50. The van der Waals surface area contributed by atoms with Gasteiger partial charge in [0, 0.05) is 25.7 Å². The van der Waals surface area contributed by atoms with E-state index in [2.05, 4.69) is 53.3 Å². The third-order valence-corrected chi connectivity index (χ3v) is 2.70. The van der Waals surface area contributed by atoms with E-state index in [0.717, 1.165) is 19.6 Å². The monoisotopic (exact) mass is 207 g/mol. The van der Waals surface area contributed by atoms with Gasteiger partial charge in [-0.25, -0.2) is 0 Å². The molecule has 1 aliphatic heterocycles. The SMILES string of the molecule is CN.CN1CCNCC1c1ccccc1. The van der Waals surface area contributed by atoms with Crippen LogP contribution in [0.25, 0.3) is 0 Å². The van der Waals surface area contributed by atoms with Gasteiger partial charge >= 0.3 is 0 Å². The van der Waals surface area contributed by atoms with E-state index in [9.17, 15) is 0 Å². The molecule has 1 saturated heterocycles. The fraction of sp³-hybridized carbons (Fsp3) is 0.500. The largest absolute Gasteiger partial charge is 0.333 e. The third kappa shape index (κ3) is 3.30. The van der Waals surface area contributed by atoms with Crippen LogP contribution < -0.4 is 11.1 Å². The van der Waals surface area contributed by atoms with Crippen molar-refractivity contribution in [1.29, 1.82) is 0 Å². The molecule has 3 nitrogen and oxygen atoms in total. The lowest BCUT2D eigenvalue weighted by molar-refractivity contribution is 0.202. The minimum atomic E-state index is 0.551. The molecule has 0 radical (unpaired) electrons. The average Bonchev–Trinajstić information content (AvgIpc) is 2.33. The fourth-order valence-electron chi connectivity index (χ4n) is 1.85. The van der Waals surface area contributed by atoms with Gasteiger partial charge in [-0.3, -0.25) is 4.90 Å². The number of nitrogens with two attached hydrogens (primary N) is 1. The van der Waals surface area contributed by atoms with Crippen molar-refractivity contribution >= 4 is 0 Å².